The Morgan fingerprint density at radius 2 is 1.47 bits per heavy atom. The van der Waals surface area contributed by atoms with Gasteiger partial charge in [-0.05, 0) is 36.8 Å². The number of benzene rings is 1. The molecule has 19 heavy (non-hydrogen) atoms. The maximum absolute atomic E-state index is 10.3. The van der Waals surface area contributed by atoms with E-state index in [1.54, 1.807) is 0 Å². The van der Waals surface area contributed by atoms with Crippen molar-refractivity contribution >= 4 is 0 Å². The molecular formula is C17H29NO. The lowest BCUT2D eigenvalue weighted by atomic mass is 9.96. The molecule has 0 fully saturated rings. The van der Waals surface area contributed by atoms with Crippen LogP contribution in [-0.2, 0) is 0 Å². The fraction of sp³-hybridized carbons (Fsp3) is 0.647. The molecule has 0 aliphatic rings. The zero-order chi connectivity index (χ0) is 14.5. The summed E-state index contributed by atoms with van der Waals surface area (Å²) in [5.74, 6) is 0.572. The van der Waals surface area contributed by atoms with E-state index in [9.17, 15) is 5.11 Å². The molecule has 0 heterocycles. The van der Waals surface area contributed by atoms with Crippen LogP contribution in [0.2, 0.25) is 0 Å². The Morgan fingerprint density at radius 1 is 1.00 bits per heavy atom. The van der Waals surface area contributed by atoms with E-state index in [0.717, 1.165) is 12.8 Å². The second kappa shape index (κ2) is 7.06. The van der Waals surface area contributed by atoms with E-state index in [2.05, 4.69) is 50.4 Å². The molecule has 0 aliphatic heterocycles. The molecule has 0 bridgehead atoms. The fourth-order valence-corrected chi connectivity index (χ4v) is 2.13. The van der Waals surface area contributed by atoms with Gasteiger partial charge in [0.2, 0.25) is 0 Å². The highest BCUT2D eigenvalue weighted by molar-refractivity contribution is 5.26. The van der Waals surface area contributed by atoms with Crippen molar-refractivity contribution in [2.45, 2.75) is 65.0 Å². The molecule has 1 unspecified atom stereocenters. The minimum atomic E-state index is -0.577. The molecule has 0 spiro atoms. The molecule has 0 saturated carbocycles. The lowest BCUT2D eigenvalue weighted by molar-refractivity contribution is 0.0303. The standard InChI is InChI=1S/C17H29NO/c1-6-17(19,7-2)12-18-14(5)16-10-8-15(9-11-16)13(3)4/h8-11,13-14,18-19H,6-7,12H2,1-5H3. The number of rotatable bonds is 7. The van der Waals surface area contributed by atoms with Gasteiger partial charge < -0.3 is 10.4 Å². The van der Waals surface area contributed by atoms with Crippen LogP contribution in [0.15, 0.2) is 24.3 Å². The minimum Gasteiger partial charge on any atom is -0.389 e. The van der Waals surface area contributed by atoms with Crippen LogP contribution in [0.1, 0.15) is 70.5 Å². The van der Waals surface area contributed by atoms with Gasteiger partial charge in [-0.1, -0.05) is 52.0 Å². The van der Waals surface area contributed by atoms with Gasteiger partial charge >= 0.3 is 0 Å². The molecule has 1 aromatic rings. The van der Waals surface area contributed by atoms with Crippen LogP contribution in [0.4, 0.5) is 0 Å². The zero-order valence-corrected chi connectivity index (χ0v) is 13.0. The molecule has 0 saturated heterocycles. The van der Waals surface area contributed by atoms with E-state index >= 15 is 0 Å². The first-order chi connectivity index (χ1) is 8.91. The first-order valence-corrected chi connectivity index (χ1v) is 7.47. The van der Waals surface area contributed by atoms with Crippen LogP contribution >= 0.6 is 0 Å². The Hall–Kier alpha value is -0.860. The van der Waals surface area contributed by atoms with Crippen molar-refractivity contribution in [3.8, 4) is 0 Å². The summed E-state index contributed by atoms with van der Waals surface area (Å²) in [6.07, 6.45) is 1.57. The summed E-state index contributed by atoms with van der Waals surface area (Å²) in [6.45, 7) is 11.3. The van der Waals surface area contributed by atoms with Crippen LogP contribution in [0, 0.1) is 0 Å². The summed E-state index contributed by atoms with van der Waals surface area (Å²) in [5.41, 5.74) is 2.07. The van der Waals surface area contributed by atoms with E-state index in [1.807, 2.05) is 13.8 Å². The largest absolute Gasteiger partial charge is 0.389 e. The molecule has 108 valence electrons. The van der Waals surface area contributed by atoms with Gasteiger partial charge in [0.25, 0.3) is 0 Å². The molecule has 0 aromatic heterocycles. The van der Waals surface area contributed by atoms with Gasteiger partial charge in [-0.3, -0.25) is 0 Å². The summed E-state index contributed by atoms with van der Waals surface area (Å²) in [6, 6.07) is 9.04. The SMILES string of the molecule is CCC(O)(CC)CNC(C)c1ccc(C(C)C)cc1. The van der Waals surface area contributed by atoms with Crippen molar-refractivity contribution < 1.29 is 5.11 Å². The lowest BCUT2D eigenvalue weighted by Crippen LogP contribution is -2.40. The molecular weight excluding hydrogens is 234 g/mol. The predicted molar refractivity (Wildman–Crippen MR) is 82.5 cm³/mol. The summed E-state index contributed by atoms with van der Waals surface area (Å²) in [5, 5.41) is 13.7. The van der Waals surface area contributed by atoms with Gasteiger partial charge in [0.15, 0.2) is 0 Å². The predicted octanol–water partition coefficient (Wildman–Crippen LogP) is 4.01. The van der Waals surface area contributed by atoms with Gasteiger partial charge in [0, 0.05) is 12.6 Å². The van der Waals surface area contributed by atoms with Gasteiger partial charge in [-0.15, -0.1) is 0 Å². The zero-order valence-electron chi connectivity index (χ0n) is 13.0. The van der Waals surface area contributed by atoms with E-state index in [-0.39, 0.29) is 6.04 Å². The normalized spacial score (nSPS) is 13.8. The Labute approximate surface area is 118 Å². The summed E-state index contributed by atoms with van der Waals surface area (Å²) < 4.78 is 0. The number of hydrogen-bond donors (Lipinski definition) is 2. The third-order valence-electron chi connectivity index (χ3n) is 4.16. The molecule has 2 N–H and O–H groups in total. The highest BCUT2D eigenvalue weighted by atomic mass is 16.3. The average Bonchev–Trinajstić information content (AvgIpc) is 2.44. The summed E-state index contributed by atoms with van der Waals surface area (Å²) in [7, 11) is 0. The van der Waals surface area contributed by atoms with Crippen LogP contribution in [0.5, 0.6) is 0 Å². The van der Waals surface area contributed by atoms with Crippen molar-refractivity contribution in [1.29, 1.82) is 0 Å². The third-order valence-corrected chi connectivity index (χ3v) is 4.16. The minimum absolute atomic E-state index is 0.269. The van der Waals surface area contributed by atoms with Gasteiger partial charge in [0.05, 0.1) is 5.60 Å². The molecule has 1 aromatic carbocycles. The van der Waals surface area contributed by atoms with Crippen LogP contribution in [0.3, 0.4) is 0 Å². The molecule has 0 amide bonds. The third kappa shape index (κ3) is 4.63. The van der Waals surface area contributed by atoms with E-state index in [1.165, 1.54) is 11.1 Å². The van der Waals surface area contributed by atoms with Gasteiger partial charge in [-0.2, -0.15) is 0 Å². The second-order valence-corrected chi connectivity index (χ2v) is 5.86. The molecule has 2 nitrogen and oxygen atoms in total. The average molecular weight is 263 g/mol. The van der Waals surface area contributed by atoms with Gasteiger partial charge in [0.1, 0.15) is 0 Å². The number of nitrogens with one attached hydrogen (secondary N) is 1. The summed E-state index contributed by atoms with van der Waals surface area (Å²) >= 11 is 0. The van der Waals surface area contributed by atoms with Crippen molar-refractivity contribution in [3.63, 3.8) is 0 Å². The van der Waals surface area contributed by atoms with E-state index in [4.69, 9.17) is 0 Å². The Morgan fingerprint density at radius 3 is 1.89 bits per heavy atom. The molecule has 1 atom stereocenters. The fourth-order valence-electron chi connectivity index (χ4n) is 2.13. The lowest BCUT2D eigenvalue weighted by Gasteiger charge is -2.27. The van der Waals surface area contributed by atoms with Crippen molar-refractivity contribution in [2.24, 2.45) is 0 Å². The first kappa shape index (κ1) is 16.2. The summed E-state index contributed by atoms with van der Waals surface area (Å²) in [4.78, 5) is 0. The van der Waals surface area contributed by atoms with E-state index < -0.39 is 5.60 Å². The highest BCUT2D eigenvalue weighted by Gasteiger charge is 2.22. The first-order valence-electron chi connectivity index (χ1n) is 7.47. The molecule has 0 aliphatic carbocycles. The second-order valence-electron chi connectivity index (χ2n) is 5.86. The molecule has 2 heteroatoms. The Kier molecular flexibility index (Phi) is 6.02. The molecule has 0 radical (unpaired) electrons. The topological polar surface area (TPSA) is 32.3 Å². The van der Waals surface area contributed by atoms with Crippen molar-refractivity contribution in [1.82, 2.24) is 5.32 Å². The van der Waals surface area contributed by atoms with E-state index in [0.29, 0.717) is 12.5 Å². The van der Waals surface area contributed by atoms with Crippen LogP contribution in [0.25, 0.3) is 0 Å². The smallest absolute Gasteiger partial charge is 0.0766 e. The maximum Gasteiger partial charge on any atom is 0.0766 e. The Bertz CT molecular complexity index is 365. The van der Waals surface area contributed by atoms with Crippen LogP contribution in [-0.4, -0.2) is 17.3 Å². The number of aliphatic hydroxyl groups is 1. The quantitative estimate of drug-likeness (QED) is 0.779. The van der Waals surface area contributed by atoms with Crippen LogP contribution < -0.4 is 5.32 Å². The van der Waals surface area contributed by atoms with Crippen molar-refractivity contribution in [2.75, 3.05) is 6.54 Å². The maximum atomic E-state index is 10.3. The van der Waals surface area contributed by atoms with Gasteiger partial charge in [-0.25, -0.2) is 0 Å². The highest BCUT2D eigenvalue weighted by Crippen LogP contribution is 2.20. The van der Waals surface area contributed by atoms with Crippen molar-refractivity contribution in [3.05, 3.63) is 35.4 Å². The monoisotopic (exact) mass is 263 g/mol. The number of hydrogen-bond acceptors (Lipinski definition) is 2. The Balaban J connectivity index is 2.60. The molecule has 1 rings (SSSR count).